The molecule has 1 aliphatic heterocycles. The number of methoxy groups -OCH3 is 1. The summed E-state index contributed by atoms with van der Waals surface area (Å²) >= 11 is 0. The van der Waals surface area contributed by atoms with E-state index in [0.717, 1.165) is 4.90 Å². The molecule has 0 radical (unpaired) electrons. The molecule has 3 aromatic rings. The molecule has 0 aliphatic carbocycles. The van der Waals surface area contributed by atoms with E-state index in [9.17, 15) is 19.7 Å². The zero-order valence-electron chi connectivity index (χ0n) is 16.7. The van der Waals surface area contributed by atoms with Gasteiger partial charge in [-0.2, -0.15) is 0 Å². The van der Waals surface area contributed by atoms with E-state index in [4.69, 9.17) is 9.15 Å². The van der Waals surface area contributed by atoms with Gasteiger partial charge in [0.25, 0.3) is 11.6 Å². The molecule has 1 saturated heterocycles. The summed E-state index contributed by atoms with van der Waals surface area (Å²) in [7, 11) is 1.57. The average molecular weight is 422 g/mol. The molecule has 2 heterocycles. The molecule has 0 bridgehead atoms. The number of nitro groups is 1. The molecule has 10 heteroatoms. The van der Waals surface area contributed by atoms with Gasteiger partial charge in [-0.3, -0.25) is 19.8 Å². The van der Waals surface area contributed by atoms with Gasteiger partial charge >= 0.3 is 6.03 Å². The Kier molecular flexibility index (Phi) is 4.90. The Labute approximate surface area is 176 Å². The predicted molar refractivity (Wildman–Crippen MR) is 108 cm³/mol. The van der Waals surface area contributed by atoms with Crippen molar-refractivity contribution in [1.29, 1.82) is 0 Å². The van der Waals surface area contributed by atoms with Crippen LogP contribution >= 0.6 is 0 Å². The number of amides is 3. The molecule has 0 saturated carbocycles. The lowest BCUT2D eigenvalue weighted by Crippen LogP contribution is -2.40. The highest BCUT2D eigenvalue weighted by atomic mass is 16.6. The summed E-state index contributed by atoms with van der Waals surface area (Å²) in [5.74, 6) is 0.494. The number of hydrogen-bond donors (Lipinski definition) is 1. The molecule has 31 heavy (non-hydrogen) atoms. The van der Waals surface area contributed by atoms with Crippen LogP contribution in [0.4, 0.5) is 10.5 Å². The number of hydrogen-bond acceptors (Lipinski definition) is 7. The number of carbonyl (C=O) groups excluding carboxylic acids is 2. The average Bonchev–Trinajstić information content (AvgIpc) is 3.33. The largest absolute Gasteiger partial charge is 0.497 e. The Bertz CT molecular complexity index is 1170. The second-order valence-corrected chi connectivity index (χ2v) is 7.13. The highest BCUT2D eigenvalue weighted by Crippen LogP contribution is 2.32. The van der Waals surface area contributed by atoms with Crippen molar-refractivity contribution in [1.82, 2.24) is 15.2 Å². The molecule has 1 fully saturated rings. The number of non-ortho nitro benzene ring substituents is 1. The third kappa shape index (κ3) is 3.59. The van der Waals surface area contributed by atoms with Gasteiger partial charge in [0.05, 0.1) is 24.3 Å². The fourth-order valence-corrected chi connectivity index (χ4v) is 3.37. The molecule has 0 unspecified atom stereocenters. The molecule has 1 aliphatic rings. The Morgan fingerprint density at radius 2 is 1.97 bits per heavy atom. The second-order valence-electron chi connectivity index (χ2n) is 7.13. The van der Waals surface area contributed by atoms with Crippen LogP contribution in [0.5, 0.6) is 5.75 Å². The smallest absolute Gasteiger partial charge is 0.325 e. The van der Waals surface area contributed by atoms with Crippen LogP contribution in [-0.2, 0) is 16.9 Å². The van der Waals surface area contributed by atoms with Gasteiger partial charge in [-0.25, -0.2) is 9.78 Å². The first kappa shape index (κ1) is 20.1. The van der Waals surface area contributed by atoms with Crippen molar-refractivity contribution in [2.45, 2.75) is 19.0 Å². The lowest BCUT2D eigenvalue weighted by molar-refractivity contribution is -0.385. The fourth-order valence-electron chi connectivity index (χ4n) is 3.37. The number of benzene rings is 2. The number of nitro benzene ring substituents is 1. The van der Waals surface area contributed by atoms with Gasteiger partial charge in [0.2, 0.25) is 5.89 Å². The number of oxazole rings is 1. The number of aromatic nitrogens is 1. The summed E-state index contributed by atoms with van der Waals surface area (Å²) in [5, 5.41) is 13.7. The van der Waals surface area contributed by atoms with Crippen molar-refractivity contribution >= 4 is 17.6 Å². The van der Waals surface area contributed by atoms with Crippen molar-refractivity contribution in [2.24, 2.45) is 0 Å². The Morgan fingerprint density at radius 1 is 1.23 bits per heavy atom. The number of rotatable bonds is 6. The van der Waals surface area contributed by atoms with Gasteiger partial charge in [-0.1, -0.05) is 12.1 Å². The first-order valence-corrected chi connectivity index (χ1v) is 9.29. The topological polar surface area (TPSA) is 128 Å². The lowest BCUT2D eigenvalue weighted by atomic mass is 9.91. The minimum absolute atomic E-state index is 0.102. The van der Waals surface area contributed by atoms with E-state index in [1.54, 1.807) is 37.4 Å². The maximum Gasteiger partial charge on any atom is 0.325 e. The predicted octanol–water partition coefficient (Wildman–Crippen LogP) is 3.23. The summed E-state index contributed by atoms with van der Waals surface area (Å²) < 4.78 is 10.6. The number of nitrogens with zero attached hydrogens (tertiary/aromatic N) is 3. The molecule has 1 N–H and O–H groups in total. The van der Waals surface area contributed by atoms with E-state index in [0.29, 0.717) is 28.5 Å². The standard InChI is InChI=1S/C21H18N4O6/c1-21(14-4-3-5-16(10-14)25(28)29)19(26)24(20(27)23-21)11-15-12-31-18(22-15)13-6-8-17(30-2)9-7-13/h3-10,12H,11H2,1-2H3,(H,23,27)/t21-/m1/s1. The molecule has 2 aromatic carbocycles. The third-order valence-electron chi connectivity index (χ3n) is 5.12. The van der Waals surface area contributed by atoms with Gasteiger partial charge in [0.15, 0.2) is 0 Å². The lowest BCUT2D eigenvalue weighted by Gasteiger charge is -2.21. The summed E-state index contributed by atoms with van der Waals surface area (Å²) in [4.78, 5) is 41.5. The Balaban J connectivity index is 1.55. The molecule has 0 spiro atoms. The molecular weight excluding hydrogens is 404 g/mol. The van der Waals surface area contributed by atoms with Crippen LogP contribution in [0.1, 0.15) is 18.2 Å². The molecule has 158 valence electrons. The second kappa shape index (κ2) is 7.56. The number of ether oxygens (including phenoxy) is 1. The summed E-state index contributed by atoms with van der Waals surface area (Å²) in [6, 6.07) is 12.1. The maximum absolute atomic E-state index is 13.1. The third-order valence-corrected chi connectivity index (χ3v) is 5.12. The normalized spacial score (nSPS) is 18.2. The van der Waals surface area contributed by atoms with E-state index >= 15 is 0 Å². The van der Waals surface area contributed by atoms with Gasteiger partial charge in [0, 0.05) is 17.7 Å². The summed E-state index contributed by atoms with van der Waals surface area (Å²) in [6.07, 6.45) is 1.38. The van der Waals surface area contributed by atoms with E-state index in [1.165, 1.54) is 31.4 Å². The van der Waals surface area contributed by atoms with Gasteiger partial charge in [-0.05, 0) is 36.8 Å². The van der Waals surface area contributed by atoms with Gasteiger partial charge in [-0.15, -0.1) is 0 Å². The number of nitrogens with one attached hydrogen (secondary N) is 1. The quantitative estimate of drug-likeness (QED) is 0.367. The summed E-state index contributed by atoms with van der Waals surface area (Å²) in [6.45, 7) is 1.41. The molecule has 3 amide bonds. The van der Waals surface area contributed by atoms with E-state index in [2.05, 4.69) is 10.3 Å². The number of imide groups is 1. The van der Waals surface area contributed by atoms with E-state index < -0.39 is 22.4 Å². The number of carbonyl (C=O) groups is 2. The Hall–Kier alpha value is -4.21. The fraction of sp³-hybridized carbons (Fsp3) is 0.190. The van der Waals surface area contributed by atoms with Crippen molar-refractivity contribution in [3.63, 3.8) is 0 Å². The first-order valence-electron chi connectivity index (χ1n) is 9.29. The van der Waals surface area contributed by atoms with Crippen LogP contribution in [-0.4, -0.2) is 33.9 Å². The van der Waals surface area contributed by atoms with Crippen LogP contribution in [0.25, 0.3) is 11.5 Å². The number of urea groups is 1. The molecule has 10 nitrogen and oxygen atoms in total. The van der Waals surface area contributed by atoms with Crippen LogP contribution in [0.15, 0.2) is 59.2 Å². The molecule has 1 atom stereocenters. The zero-order valence-corrected chi connectivity index (χ0v) is 16.7. The van der Waals surface area contributed by atoms with E-state index in [1.807, 2.05) is 0 Å². The maximum atomic E-state index is 13.1. The molecule has 1 aromatic heterocycles. The minimum Gasteiger partial charge on any atom is -0.497 e. The van der Waals surface area contributed by atoms with Crippen LogP contribution in [0, 0.1) is 10.1 Å². The van der Waals surface area contributed by atoms with Crippen LogP contribution in [0.3, 0.4) is 0 Å². The zero-order chi connectivity index (χ0) is 22.2. The van der Waals surface area contributed by atoms with Crippen LogP contribution in [0.2, 0.25) is 0 Å². The SMILES string of the molecule is COc1ccc(-c2nc(CN3C(=O)N[C@](C)(c4cccc([N+](=O)[O-])c4)C3=O)co2)cc1. The monoisotopic (exact) mass is 422 g/mol. The molecule has 4 rings (SSSR count). The van der Waals surface area contributed by atoms with Crippen molar-refractivity contribution in [2.75, 3.05) is 7.11 Å². The minimum atomic E-state index is -1.42. The highest BCUT2D eigenvalue weighted by molar-refractivity contribution is 6.07. The van der Waals surface area contributed by atoms with Crippen molar-refractivity contribution in [3.05, 3.63) is 76.2 Å². The Morgan fingerprint density at radius 3 is 2.65 bits per heavy atom. The van der Waals surface area contributed by atoms with E-state index in [-0.39, 0.29) is 12.2 Å². The van der Waals surface area contributed by atoms with Gasteiger partial charge in [0.1, 0.15) is 17.6 Å². The van der Waals surface area contributed by atoms with Crippen LogP contribution < -0.4 is 10.1 Å². The summed E-state index contributed by atoms with van der Waals surface area (Å²) in [5.41, 5.74) is -0.171. The highest BCUT2D eigenvalue weighted by Gasteiger charge is 2.49. The molecular formula is C21H18N4O6. The first-order chi connectivity index (χ1) is 14.8. The van der Waals surface area contributed by atoms with Gasteiger partial charge < -0.3 is 14.5 Å². The van der Waals surface area contributed by atoms with Crippen molar-refractivity contribution < 1.29 is 23.7 Å². The van der Waals surface area contributed by atoms with Crippen molar-refractivity contribution in [3.8, 4) is 17.2 Å².